The van der Waals surface area contributed by atoms with E-state index in [4.69, 9.17) is 15.6 Å². The molecule has 32 heavy (non-hydrogen) atoms. The van der Waals surface area contributed by atoms with Gasteiger partial charge in [-0.1, -0.05) is 42.5 Å². The van der Waals surface area contributed by atoms with Crippen LogP contribution in [-0.2, 0) is 26.5 Å². The van der Waals surface area contributed by atoms with Crippen LogP contribution < -0.4 is 16.4 Å². The number of nitrogens with two attached hydrogens (primary N) is 1. The highest BCUT2D eigenvalue weighted by molar-refractivity contribution is 6.08. The number of hydrogen-bond acceptors (Lipinski definition) is 6. The van der Waals surface area contributed by atoms with E-state index in [1.807, 2.05) is 30.3 Å². The van der Waals surface area contributed by atoms with Crippen LogP contribution in [0.1, 0.15) is 18.1 Å². The first-order valence-corrected chi connectivity index (χ1v) is 9.47. The lowest BCUT2D eigenvalue weighted by Crippen LogP contribution is -2.41. The number of nitrogens with zero attached hydrogens (tertiary/aromatic N) is 2. The maximum Gasteiger partial charge on any atom is 0.414 e. The lowest BCUT2D eigenvalue weighted by molar-refractivity contribution is -0.142. The molecule has 1 atom stereocenters. The van der Waals surface area contributed by atoms with Crippen molar-refractivity contribution in [2.45, 2.75) is 19.1 Å². The van der Waals surface area contributed by atoms with Crippen LogP contribution in [-0.4, -0.2) is 46.5 Å². The van der Waals surface area contributed by atoms with Crippen molar-refractivity contribution >= 4 is 35.6 Å². The zero-order valence-corrected chi connectivity index (χ0v) is 17.1. The van der Waals surface area contributed by atoms with Gasteiger partial charge in [-0.2, -0.15) is 0 Å². The van der Waals surface area contributed by atoms with Crippen molar-refractivity contribution in [3.63, 3.8) is 0 Å². The van der Waals surface area contributed by atoms with Gasteiger partial charge >= 0.3 is 18.1 Å². The fourth-order valence-corrected chi connectivity index (χ4v) is 3.07. The van der Waals surface area contributed by atoms with Crippen LogP contribution in [0.5, 0.6) is 0 Å². The molecule has 0 spiro atoms. The van der Waals surface area contributed by atoms with Crippen LogP contribution in [0.4, 0.5) is 15.3 Å². The molecule has 11 nitrogen and oxygen atoms in total. The maximum absolute atomic E-state index is 12.6. The van der Waals surface area contributed by atoms with Gasteiger partial charge in [-0.3, -0.25) is 19.8 Å². The molecule has 4 amide bonds. The van der Waals surface area contributed by atoms with Crippen LogP contribution in [0.3, 0.4) is 0 Å². The van der Waals surface area contributed by atoms with Crippen molar-refractivity contribution in [3.8, 4) is 0 Å². The minimum atomic E-state index is -1.42. The molecule has 1 heterocycles. The molecule has 1 aliphatic rings. The van der Waals surface area contributed by atoms with Gasteiger partial charge in [-0.25, -0.2) is 14.6 Å². The summed E-state index contributed by atoms with van der Waals surface area (Å²) >= 11 is 0. The first-order valence-electron chi connectivity index (χ1n) is 9.47. The summed E-state index contributed by atoms with van der Waals surface area (Å²) in [6.07, 6.45) is -0.767. The van der Waals surface area contributed by atoms with Crippen LogP contribution in [0.15, 0.2) is 59.6 Å². The molecule has 2 aromatic carbocycles. The minimum absolute atomic E-state index is 0.0753. The molecule has 0 radical (unpaired) electrons. The number of guanidine groups is 1. The van der Waals surface area contributed by atoms with Gasteiger partial charge in [0.1, 0.15) is 18.7 Å². The number of benzene rings is 2. The largest absolute Gasteiger partial charge is 0.480 e. The van der Waals surface area contributed by atoms with E-state index >= 15 is 0 Å². The number of aliphatic imine (C=N–C) groups is 1. The summed E-state index contributed by atoms with van der Waals surface area (Å²) < 4.78 is 5.06. The predicted octanol–water partition coefficient (Wildman–Crippen LogP) is 1.41. The standard InChI is InChI=1S/C21H21N5O6/c1-21(17(29)26(11-16(27)28)19(30)25-21)14-7-9-15(10-8-14)23-18(22)24-20(31)32-12-13-5-3-2-4-6-13/h2-10H,11-12H2,1H3,(H,25,30)(H,27,28)(H3,22,23,24,31)/t21-/m1/s1. The van der Waals surface area contributed by atoms with E-state index in [2.05, 4.69) is 15.6 Å². The Bertz CT molecular complexity index is 1070. The van der Waals surface area contributed by atoms with Gasteiger partial charge in [0, 0.05) is 0 Å². The second-order valence-electron chi connectivity index (χ2n) is 7.07. The molecule has 1 saturated heterocycles. The van der Waals surface area contributed by atoms with Crippen LogP contribution in [0.25, 0.3) is 0 Å². The zero-order valence-electron chi connectivity index (χ0n) is 17.1. The Morgan fingerprint density at radius 1 is 1.16 bits per heavy atom. The van der Waals surface area contributed by atoms with Gasteiger partial charge in [0.15, 0.2) is 0 Å². The van der Waals surface area contributed by atoms with Crippen molar-refractivity contribution in [2.24, 2.45) is 10.7 Å². The topological polar surface area (TPSA) is 163 Å². The molecule has 0 aliphatic carbocycles. The van der Waals surface area contributed by atoms with E-state index in [1.165, 1.54) is 19.1 Å². The molecule has 0 saturated carbocycles. The number of urea groups is 1. The number of carbonyl (C=O) groups is 4. The quantitative estimate of drug-likeness (QED) is 0.300. The maximum atomic E-state index is 12.6. The van der Waals surface area contributed by atoms with Gasteiger partial charge in [0.25, 0.3) is 5.91 Å². The fourth-order valence-electron chi connectivity index (χ4n) is 3.07. The average Bonchev–Trinajstić information content (AvgIpc) is 2.97. The van der Waals surface area contributed by atoms with Gasteiger partial charge in [-0.05, 0) is 30.2 Å². The smallest absolute Gasteiger partial charge is 0.414 e. The number of amides is 4. The molecule has 0 aromatic heterocycles. The molecule has 1 aliphatic heterocycles. The fraction of sp³-hybridized carbons (Fsp3) is 0.190. The van der Waals surface area contributed by atoms with E-state index in [9.17, 15) is 19.2 Å². The molecular weight excluding hydrogens is 418 g/mol. The summed E-state index contributed by atoms with van der Waals surface area (Å²) in [4.78, 5) is 52.0. The predicted molar refractivity (Wildman–Crippen MR) is 113 cm³/mol. The van der Waals surface area contributed by atoms with E-state index in [-0.39, 0.29) is 12.6 Å². The number of nitrogens with one attached hydrogen (secondary N) is 2. The second kappa shape index (κ2) is 9.16. The highest BCUT2D eigenvalue weighted by atomic mass is 16.5. The first-order chi connectivity index (χ1) is 15.2. The van der Waals surface area contributed by atoms with E-state index < -0.39 is 36.1 Å². The molecule has 5 N–H and O–H groups in total. The number of carboxylic acid groups (broad SMARTS) is 1. The number of aliphatic carboxylic acids is 1. The summed E-state index contributed by atoms with van der Waals surface area (Å²) in [5.41, 5.74) is 5.93. The molecule has 0 bridgehead atoms. The number of ether oxygens (including phenoxy) is 1. The van der Waals surface area contributed by atoms with Gasteiger partial charge in [0.05, 0.1) is 5.69 Å². The molecule has 0 unspecified atom stereocenters. The van der Waals surface area contributed by atoms with Gasteiger partial charge < -0.3 is 20.9 Å². The van der Waals surface area contributed by atoms with Crippen molar-refractivity contribution in [1.82, 2.24) is 15.5 Å². The first kappa shape index (κ1) is 22.3. The van der Waals surface area contributed by atoms with Crippen molar-refractivity contribution in [2.75, 3.05) is 6.54 Å². The number of alkyl carbamates (subject to hydrolysis) is 1. The number of hydrogen-bond donors (Lipinski definition) is 4. The van der Waals surface area contributed by atoms with Crippen molar-refractivity contribution in [3.05, 3.63) is 65.7 Å². The summed E-state index contributed by atoms with van der Waals surface area (Å²) in [6.45, 7) is 0.823. The van der Waals surface area contributed by atoms with E-state index in [0.717, 1.165) is 5.56 Å². The lowest BCUT2D eigenvalue weighted by Gasteiger charge is -2.22. The number of carboxylic acids is 1. The number of imide groups is 1. The summed E-state index contributed by atoms with van der Waals surface area (Å²) in [6, 6.07) is 14.5. The Balaban J connectivity index is 1.63. The van der Waals surface area contributed by atoms with E-state index in [0.29, 0.717) is 16.2 Å². The molecule has 3 rings (SSSR count). The van der Waals surface area contributed by atoms with Gasteiger partial charge in [-0.15, -0.1) is 0 Å². The van der Waals surface area contributed by atoms with Crippen LogP contribution in [0, 0.1) is 0 Å². The highest BCUT2D eigenvalue weighted by Crippen LogP contribution is 2.30. The minimum Gasteiger partial charge on any atom is -0.480 e. The molecule has 1 fully saturated rings. The third-order valence-corrected chi connectivity index (χ3v) is 4.71. The molecular formula is C21H21N5O6. The van der Waals surface area contributed by atoms with Crippen molar-refractivity contribution < 1.29 is 29.0 Å². The van der Waals surface area contributed by atoms with Crippen LogP contribution >= 0.6 is 0 Å². The van der Waals surface area contributed by atoms with E-state index in [1.54, 1.807) is 12.1 Å². The summed E-state index contributed by atoms with van der Waals surface area (Å²) in [5.74, 6) is -2.17. The molecule has 166 valence electrons. The summed E-state index contributed by atoms with van der Waals surface area (Å²) in [7, 11) is 0. The third kappa shape index (κ3) is 5.01. The normalized spacial score (nSPS) is 18.3. The monoisotopic (exact) mass is 439 g/mol. The molecule has 11 heteroatoms. The van der Waals surface area contributed by atoms with Gasteiger partial charge in [0.2, 0.25) is 5.96 Å². The zero-order chi connectivity index (χ0) is 23.3. The Morgan fingerprint density at radius 2 is 1.81 bits per heavy atom. The number of rotatable bonds is 6. The summed E-state index contributed by atoms with van der Waals surface area (Å²) in [5, 5.41) is 13.7. The SMILES string of the molecule is C[C@]1(c2ccc(N=C(N)NC(=O)OCc3ccccc3)cc2)NC(=O)N(CC(=O)O)C1=O. The highest BCUT2D eigenvalue weighted by Gasteiger charge is 2.49. The Hall–Kier alpha value is -4.41. The Kier molecular flexibility index (Phi) is 6.38. The van der Waals surface area contributed by atoms with Crippen LogP contribution in [0.2, 0.25) is 0 Å². The van der Waals surface area contributed by atoms with Crippen molar-refractivity contribution in [1.29, 1.82) is 0 Å². The Morgan fingerprint density at radius 3 is 2.44 bits per heavy atom. The number of carbonyl (C=O) groups excluding carboxylic acids is 3. The Labute approximate surface area is 182 Å². The molecule has 2 aromatic rings. The lowest BCUT2D eigenvalue weighted by atomic mass is 9.92. The third-order valence-electron chi connectivity index (χ3n) is 4.71. The average molecular weight is 439 g/mol. The second-order valence-corrected chi connectivity index (χ2v) is 7.07.